The zero-order valence-electron chi connectivity index (χ0n) is 15.5. The number of hydrogen-bond donors (Lipinski definition) is 2. The maximum absolute atomic E-state index is 12.2. The normalized spacial score (nSPS) is 41.4. The molecule has 140 valence electrons. The number of rotatable bonds is 5. The lowest BCUT2D eigenvalue weighted by molar-refractivity contribution is -0.138. The number of ether oxygens (including phenoxy) is 1. The summed E-state index contributed by atoms with van der Waals surface area (Å²) in [7, 11) is 0. The van der Waals surface area contributed by atoms with Crippen molar-refractivity contribution in [3.05, 3.63) is 11.6 Å². The quantitative estimate of drug-likeness (QED) is 0.744. The molecule has 0 aromatic rings. The van der Waals surface area contributed by atoms with Crippen LogP contribution >= 0.6 is 0 Å². The molecule has 1 spiro atoms. The molecule has 5 nitrogen and oxygen atoms in total. The summed E-state index contributed by atoms with van der Waals surface area (Å²) in [6.07, 6.45) is 5.71. The van der Waals surface area contributed by atoms with E-state index in [1.165, 1.54) is 0 Å². The molecular weight excluding hydrogens is 320 g/mol. The first-order chi connectivity index (χ1) is 11.7. The minimum absolute atomic E-state index is 0.0283. The number of carboxylic acid groups (broad SMARTS) is 1. The van der Waals surface area contributed by atoms with Gasteiger partial charge in [-0.05, 0) is 61.3 Å². The molecule has 3 aliphatic rings. The van der Waals surface area contributed by atoms with Crippen LogP contribution < -0.4 is 0 Å². The molecule has 6 atom stereocenters. The van der Waals surface area contributed by atoms with Gasteiger partial charge >= 0.3 is 11.9 Å². The first kappa shape index (κ1) is 18.4. The average molecular weight is 350 g/mol. The molecule has 0 bridgehead atoms. The zero-order valence-corrected chi connectivity index (χ0v) is 15.5. The van der Waals surface area contributed by atoms with Crippen LogP contribution in [0.1, 0.15) is 59.3 Å². The van der Waals surface area contributed by atoms with Gasteiger partial charge in [-0.1, -0.05) is 20.8 Å². The number of cyclic esters (lactones) is 1. The Morgan fingerprint density at radius 3 is 2.88 bits per heavy atom. The number of aliphatic hydroxyl groups excluding tert-OH is 1. The predicted octanol–water partition coefficient (Wildman–Crippen LogP) is 3.16. The molecule has 1 heterocycles. The van der Waals surface area contributed by atoms with Gasteiger partial charge in [0.15, 0.2) is 0 Å². The second-order valence-corrected chi connectivity index (χ2v) is 8.86. The second kappa shape index (κ2) is 6.42. The van der Waals surface area contributed by atoms with E-state index in [-0.39, 0.29) is 35.1 Å². The number of hydrogen-bond acceptors (Lipinski definition) is 4. The van der Waals surface area contributed by atoms with Gasteiger partial charge in [-0.25, -0.2) is 4.79 Å². The fraction of sp³-hybridized carbons (Fsp3) is 0.800. The summed E-state index contributed by atoms with van der Waals surface area (Å²) in [5.41, 5.74) is 0.403. The summed E-state index contributed by atoms with van der Waals surface area (Å²) >= 11 is 0. The van der Waals surface area contributed by atoms with Crippen molar-refractivity contribution >= 4 is 11.9 Å². The third kappa shape index (κ3) is 3.01. The Bertz CT molecular complexity index is 597. The molecule has 1 saturated heterocycles. The number of aliphatic hydroxyl groups is 1. The highest BCUT2D eigenvalue weighted by atomic mass is 16.5. The van der Waals surface area contributed by atoms with Crippen LogP contribution in [0.3, 0.4) is 0 Å². The van der Waals surface area contributed by atoms with Gasteiger partial charge in [0, 0.05) is 17.4 Å². The molecule has 0 aromatic heterocycles. The molecule has 25 heavy (non-hydrogen) atoms. The second-order valence-electron chi connectivity index (χ2n) is 8.86. The van der Waals surface area contributed by atoms with Gasteiger partial charge in [0.05, 0.1) is 6.10 Å². The summed E-state index contributed by atoms with van der Waals surface area (Å²) in [6.45, 7) is 6.96. The molecular formula is C20H30O5. The standard InChI is InChI=1S/C20H30O5/c1-12(8-17(22)23)4-6-19(3)13(2)5-7-20-11-25-18(24)15(20)9-14(21)10-16(19)20/h9,12-14,16,21H,4-8,10-11H2,1-3H3,(H,22,23)/t12-,13-,14-,16-,19+,20-/m1/s1. The molecule has 3 rings (SSSR count). The van der Waals surface area contributed by atoms with E-state index in [9.17, 15) is 14.7 Å². The summed E-state index contributed by atoms with van der Waals surface area (Å²) in [5.74, 6) is -0.215. The molecule has 5 heteroatoms. The molecule has 2 aliphatic carbocycles. The first-order valence-corrected chi connectivity index (χ1v) is 9.48. The van der Waals surface area contributed by atoms with Crippen LogP contribution in [-0.4, -0.2) is 34.9 Å². The monoisotopic (exact) mass is 350 g/mol. The van der Waals surface area contributed by atoms with Gasteiger partial charge in [-0.3, -0.25) is 4.79 Å². The molecule has 0 radical (unpaired) electrons. The third-order valence-electron chi connectivity index (χ3n) is 7.36. The minimum atomic E-state index is -0.751. The Balaban J connectivity index is 1.87. The number of carbonyl (C=O) groups is 2. The fourth-order valence-electron chi connectivity index (χ4n) is 5.61. The average Bonchev–Trinajstić information content (AvgIpc) is 2.85. The zero-order chi connectivity index (χ0) is 18.4. The van der Waals surface area contributed by atoms with E-state index in [0.29, 0.717) is 24.5 Å². The van der Waals surface area contributed by atoms with Crippen molar-refractivity contribution in [1.29, 1.82) is 0 Å². The molecule has 2 fully saturated rings. The molecule has 0 aromatic carbocycles. The third-order valence-corrected chi connectivity index (χ3v) is 7.36. The van der Waals surface area contributed by atoms with Gasteiger partial charge in [0.2, 0.25) is 0 Å². The highest BCUT2D eigenvalue weighted by Crippen LogP contribution is 2.63. The van der Waals surface area contributed by atoms with Gasteiger partial charge in [0.1, 0.15) is 6.61 Å². The molecule has 1 saturated carbocycles. The van der Waals surface area contributed by atoms with Crippen molar-refractivity contribution in [1.82, 2.24) is 0 Å². The minimum Gasteiger partial charge on any atom is -0.481 e. The van der Waals surface area contributed by atoms with E-state index < -0.39 is 12.1 Å². The van der Waals surface area contributed by atoms with Crippen LogP contribution in [-0.2, 0) is 14.3 Å². The van der Waals surface area contributed by atoms with E-state index in [1.807, 2.05) is 6.92 Å². The lowest BCUT2D eigenvalue weighted by atomic mass is 9.46. The molecule has 2 N–H and O–H groups in total. The lowest BCUT2D eigenvalue weighted by Gasteiger charge is -2.57. The van der Waals surface area contributed by atoms with Crippen LogP contribution in [0.2, 0.25) is 0 Å². The highest BCUT2D eigenvalue weighted by Gasteiger charge is 2.61. The topological polar surface area (TPSA) is 83.8 Å². The van der Waals surface area contributed by atoms with Gasteiger partial charge in [-0.15, -0.1) is 0 Å². The van der Waals surface area contributed by atoms with Crippen LogP contribution in [0.5, 0.6) is 0 Å². The van der Waals surface area contributed by atoms with E-state index >= 15 is 0 Å². The fourth-order valence-corrected chi connectivity index (χ4v) is 5.61. The van der Waals surface area contributed by atoms with E-state index in [2.05, 4.69) is 13.8 Å². The summed E-state index contributed by atoms with van der Waals surface area (Å²) in [5, 5.41) is 19.4. The summed E-state index contributed by atoms with van der Waals surface area (Å²) in [4.78, 5) is 23.2. The number of esters is 1. The Hall–Kier alpha value is -1.36. The smallest absolute Gasteiger partial charge is 0.334 e. The van der Waals surface area contributed by atoms with Gasteiger partial charge in [0.25, 0.3) is 0 Å². The summed E-state index contributed by atoms with van der Waals surface area (Å²) < 4.78 is 5.42. The van der Waals surface area contributed by atoms with E-state index in [4.69, 9.17) is 9.84 Å². The Kier molecular flexibility index (Phi) is 4.73. The van der Waals surface area contributed by atoms with Crippen molar-refractivity contribution < 1.29 is 24.5 Å². The molecule has 0 unspecified atom stereocenters. The Morgan fingerprint density at radius 1 is 1.48 bits per heavy atom. The lowest BCUT2D eigenvalue weighted by Crippen LogP contribution is -2.53. The van der Waals surface area contributed by atoms with E-state index in [1.54, 1.807) is 6.08 Å². The van der Waals surface area contributed by atoms with Crippen LogP contribution in [0.15, 0.2) is 11.6 Å². The van der Waals surface area contributed by atoms with Gasteiger partial charge in [-0.2, -0.15) is 0 Å². The molecule has 0 amide bonds. The number of aliphatic carboxylic acids is 1. The highest BCUT2D eigenvalue weighted by molar-refractivity contribution is 5.92. The van der Waals surface area contributed by atoms with Crippen molar-refractivity contribution in [2.75, 3.05) is 6.61 Å². The van der Waals surface area contributed by atoms with Crippen molar-refractivity contribution in [3.8, 4) is 0 Å². The number of carbonyl (C=O) groups excluding carboxylic acids is 1. The van der Waals surface area contributed by atoms with Crippen LogP contribution in [0.25, 0.3) is 0 Å². The van der Waals surface area contributed by atoms with E-state index in [0.717, 1.165) is 25.7 Å². The first-order valence-electron chi connectivity index (χ1n) is 9.48. The maximum atomic E-state index is 12.2. The molecule has 1 aliphatic heterocycles. The van der Waals surface area contributed by atoms with Crippen LogP contribution in [0, 0.1) is 28.6 Å². The van der Waals surface area contributed by atoms with Crippen molar-refractivity contribution in [2.24, 2.45) is 28.6 Å². The summed E-state index contributed by atoms with van der Waals surface area (Å²) in [6, 6.07) is 0. The SMILES string of the molecule is C[C@H](CC[C@@]1(C)[C@H](C)CC[C@@]23COC(=O)C2=C[C@@H](O)C[C@@H]31)CC(=O)O. The largest absolute Gasteiger partial charge is 0.481 e. The Labute approximate surface area is 149 Å². The van der Waals surface area contributed by atoms with Gasteiger partial charge < -0.3 is 14.9 Å². The van der Waals surface area contributed by atoms with Crippen molar-refractivity contribution in [3.63, 3.8) is 0 Å². The number of carboxylic acids is 1. The predicted molar refractivity (Wildman–Crippen MR) is 92.7 cm³/mol. The Morgan fingerprint density at radius 2 is 2.20 bits per heavy atom. The van der Waals surface area contributed by atoms with Crippen molar-refractivity contribution in [2.45, 2.75) is 65.4 Å². The maximum Gasteiger partial charge on any atom is 0.334 e. The van der Waals surface area contributed by atoms with Crippen LogP contribution in [0.4, 0.5) is 0 Å².